The Kier molecular flexibility index (Phi) is 4.23. The molecule has 0 amide bonds. The van der Waals surface area contributed by atoms with E-state index in [9.17, 15) is 0 Å². The lowest BCUT2D eigenvalue weighted by molar-refractivity contribution is 0.546. The summed E-state index contributed by atoms with van der Waals surface area (Å²) in [5.41, 5.74) is 2.01. The first kappa shape index (κ1) is 14.7. The first-order valence-electron chi connectivity index (χ1n) is 6.56. The van der Waals surface area contributed by atoms with E-state index in [1.54, 1.807) is 12.3 Å². The molecule has 0 aliphatic rings. The zero-order valence-electron chi connectivity index (χ0n) is 12.2. The van der Waals surface area contributed by atoms with Gasteiger partial charge in [-0.2, -0.15) is 0 Å². The van der Waals surface area contributed by atoms with Gasteiger partial charge in [-0.15, -0.1) is 0 Å². The number of aromatic nitrogens is 3. The quantitative estimate of drug-likeness (QED) is 0.875. The van der Waals surface area contributed by atoms with Gasteiger partial charge in [0.1, 0.15) is 16.8 Å². The number of aryl methyl sites for hydroxylation is 1. The Morgan fingerprint density at radius 1 is 1.25 bits per heavy atom. The van der Waals surface area contributed by atoms with E-state index in [0.717, 1.165) is 22.9 Å². The number of anilines is 1. The van der Waals surface area contributed by atoms with Crippen molar-refractivity contribution in [1.82, 2.24) is 15.0 Å². The van der Waals surface area contributed by atoms with Crippen LogP contribution in [0.15, 0.2) is 24.4 Å². The van der Waals surface area contributed by atoms with Gasteiger partial charge in [-0.25, -0.2) is 9.97 Å². The molecule has 20 heavy (non-hydrogen) atoms. The summed E-state index contributed by atoms with van der Waals surface area (Å²) in [6, 6.07) is 5.70. The van der Waals surface area contributed by atoms with E-state index in [1.165, 1.54) is 0 Å². The van der Waals surface area contributed by atoms with Gasteiger partial charge in [0, 0.05) is 17.7 Å². The van der Waals surface area contributed by atoms with Crippen LogP contribution >= 0.6 is 11.6 Å². The van der Waals surface area contributed by atoms with Crippen LogP contribution in [-0.4, -0.2) is 15.0 Å². The molecule has 2 rings (SSSR count). The smallest absolute Gasteiger partial charge is 0.137 e. The number of nitrogens with zero attached hydrogens (tertiary/aromatic N) is 3. The SMILES string of the molecule is Cc1cccnc1CNc1cc(Cl)nc(C(C)(C)C)n1. The molecule has 0 fully saturated rings. The summed E-state index contributed by atoms with van der Waals surface area (Å²) >= 11 is 6.06. The summed E-state index contributed by atoms with van der Waals surface area (Å²) < 4.78 is 0. The van der Waals surface area contributed by atoms with Crippen LogP contribution in [0.1, 0.15) is 37.9 Å². The molecule has 106 valence electrons. The van der Waals surface area contributed by atoms with Crippen molar-refractivity contribution >= 4 is 17.4 Å². The molecule has 0 aliphatic carbocycles. The molecular weight excluding hydrogens is 272 g/mol. The van der Waals surface area contributed by atoms with Gasteiger partial charge >= 0.3 is 0 Å². The van der Waals surface area contributed by atoms with Crippen LogP contribution in [0.2, 0.25) is 5.15 Å². The van der Waals surface area contributed by atoms with E-state index in [2.05, 4.69) is 41.0 Å². The van der Waals surface area contributed by atoms with Gasteiger partial charge in [-0.1, -0.05) is 38.4 Å². The third-order valence-corrected chi connectivity index (χ3v) is 3.11. The maximum atomic E-state index is 6.06. The highest BCUT2D eigenvalue weighted by atomic mass is 35.5. The molecule has 5 heteroatoms. The Hall–Kier alpha value is -1.68. The van der Waals surface area contributed by atoms with Crippen LogP contribution in [0.5, 0.6) is 0 Å². The summed E-state index contributed by atoms with van der Waals surface area (Å²) in [7, 11) is 0. The second-order valence-electron chi connectivity index (χ2n) is 5.77. The number of rotatable bonds is 3. The van der Waals surface area contributed by atoms with Gasteiger partial charge < -0.3 is 5.32 Å². The normalized spacial score (nSPS) is 11.4. The highest BCUT2D eigenvalue weighted by Crippen LogP contribution is 2.22. The predicted molar refractivity (Wildman–Crippen MR) is 82.0 cm³/mol. The van der Waals surface area contributed by atoms with Crippen molar-refractivity contribution in [2.45, 2.75) is 39.7 Å². The second kappa shape index (κ2) is 5.75. The van der Waals surface area contributed by atoms with Gasteiger partial charge in [0.25, 0.3) is 0 Å². The Balaban J connectivity index is 2.18. The van der Waals surface area contributed by atoms with E-state index < -0.39 is 0 Å². The van der Waals surface area contributed by atoms with E-state index in [-0.39, 0.29) is 5.41 Å². The minimum absolute atomic E-state index is 0.137. The van der Waals surface area contributed by atoms with Crippen molar-refractivity contribution in [2.24, 2.45) is 0 Å². The average molecular weight is 291 g/mol. The number of nitrogens with one attached hydrogen (secondary N) is 1. The lowest BCUT2D eigenvalue weighted by atomic mass is 9.96. The summed E-state index contributed by atoms with van der Waals surface area (Å²) in [5.74, 6) is 1.45. The molecule has 0 aliphatic heterocycles. The lowest BCUT2D eigenvalue weighted by Crippen LogP contribution is -2.17. The molecule has 0 atom stereocenters. The topological polar surface area (TPSA) is 50.7 Å². The van der Waals surface area contributed by atoms with Crippen molar-refractivity contribution in [1.29, 1.82) is 0 Å². The second-order valence-corrected chi connectivity index (χ2v) is 6.16. The minimum Gasteiger partial charge on any atom is -0.364 e. The highest BCUT2D eigenvalue weighted by molar-refractivity contribution is 6.29. The van der Waals surface area contributed by atoms with Crippen molar-refractivity contribution in [3.63, 3.8) is 0 Å². The first-order valence-corrected chi connectivity index (χ1v) is 6.93. The summed E-state index contributed by atoms with van der Waals surface area (Å²) in [5, 5.41) is 3.71. The first-order chi connectivity index (χ1) is 9.36. The van der Waals surface area contributed by atoms with Crippen LogP contribution < -0.4 is 5.32 Å². The molecule has 2 aromatic rings. The molecule has 0 unspecified atom stereocenters. The molecule has 1 N–H and O–H groups in total. The monoisotopic (exact) mass is 290 g/mol. The molecule has 2 aromatic heterocycles. The van der Waals surface area contributed by atoms with Crippen LogP contribution in [0.4, 0.5) is 5.82 Å². The summed E-state index contributed by atoms with van der Waals surface area (Å²) in [6.07, 6.45) is 1.79. The fraction of sp³-hybridized carbons (Fsp3) is 0.400. The fourth-order valence-electron chi connectivity index (χ4n) is 1.72. The molecule has 4 nitrogen and oxygen atoms in total. The molecule has 0 saturated heterocycles. The van der Waals surface area contributed by atoms with Crippen molar-refractivity contribution in [2.75, 3.05) is 5.32 Å². The van der Waals surface area contributed by atoms with Crippen LogP contribution in [-0.2, 0) is 12.0 Å². The van der Waals surface area contributed by atoms with Crippen molar-refractivity contribution < 1.29 is 0 Å². The van der Waals surface area contributed by atoms with Crippen molar-refractivity contribution in [3.05, 3.63) is 46.6 Å². The van der Waals surface area contributed by atoms with Crippen LogP contribution in [0, 0.1) is 6.92 Å². The number of hydrogen-bond acceptors (Lipinski definition) is 4. The van der Waals surface area contributed by atoms with E-state index in [4.69, 9.17) is 11.6 Å². The Bertz CT molecular complexity index is 605. The maximum Gasteiger partial charge on any atom is 0.137 e. The van der Waals surface area contributed by atoms with E-state index in [0.29, 0.717) is 11.7 Å². The number of halogens is 1. The van der Waals surface area contributed by atoms with Gasteiger partial charge in [0.15, 0.2) is 0 Å². The molecule has 0 radical (unpaired) electrons. The Labute approximate surface area is 124 Å². The minimum atomic E-state index is -0.137. The van der Waals surface area contributed by atoms with Crippen LogP contribution in [0.3, 0.4) is 0 Å². The Morgan fingerprint density at radius 3 is 2.65 bits per heavy atom. The van der Waals surface area contributed by atoms with E-state index in [1.807, 2.05) is 19.1 Å². The van der Waals surface area contributed by atoms with Crippen LogP contribution in [0.25, 0.3) is 0 Å². The predicted octanol–water partition coefficient (Wildman–Crippen LogP) is 3.74. The van der Waals surface area contributed by atoms with E-state index >= 15 is 0 Å². The fourth-order valence-corrected chi connectivity index (χ4v) is 1.90. The third kappa shape index (κ3) is 3.67. The highest BCUT2D eigenvalue weighted by Gasteiger charge is 2.18. The zero-order valence-corrected chi connectivity index (χ0v) is 13.0. The molecule has 2 heterocycles. The average Bonchev–Trinajstić information content (AvgIpc) is 2.36. The molecule has 0 bridgehead atoms. The van der Waals surface area contributed by atoms with Gasteiger partial charge in [-0.3, -0.25) is 4.98 Å². The Morgan fingerprint density at radius 2 is 2.00 bits per heavy atom. The van der Waals surface area contributed by atoms with Gasteiger partial charge in [0.2, 0.25) is 0 Å². The number of pyridine rings is 1. The molecule has 0 aromatic carbocycles. The maximum absolute atomic E-state index is 6.06. The van der Waals surface area contributed by atoms with Gasteiger partial charge in [0.05, 0.1) is 12.2 Å². The molecular formula is C15H19ClN4. The lowest BCUT2D eigenvalue weighted by Gasteiger charge is -2.18. The zero-order chi connectivity index (χ0) is 14.8. The number of hydrogen-bond donors (Lipinski definition) is 1. The third-order valence-electron chi connectivity index (χ3n) is 2.92. The molecule has 0 saturated carbocycles. The largest absolute Gasteiger partial charge is 0.364 e. The summed E-state index contributed by atoms with van der Waals surface area (Å²) in [4.78, 5) is 13.1. The van der Waals surface area contributed by atoms with Gasteiger partial charge in [-0.05, 0) is 18.6 Å². The van der Waals surface area contributed by atoms with Crippen molar-refractivity contribution in [3.8, 4) is 0 Å². The summed E-state index contributed by atoms with van der Waals surface area (Å²) in [6.45, 7) is 8.84. The standard InChI is InChI=1S/C15H19ClN4/c1-10-6-5-7-17-11(10)9-18-13-8-12(16)19-14(20-13)15(2,3)4/h5-8H,9H2,1-4H3,(H,18,19,20). The molecule has 0 spiro atoms.